The van der Waals surface area contributed by atoms with Crippen molar-refractivity contribution in [2.45, 2.75) is 26.3 Å². The fraction of sp³-hybridized carbons (Fsp3) is 0.462. The molecule has 0 bridgehead atoms. The van der Waals surface area contributed by atoms with Gasteiger partial charge in [-0.15, -0.1) is 11.6 Å². The molecule has 1 rings (SSSR count). The van der Waals surface area contributed by atoms with Crippen molar-refractivity contribution in [2.24, 2.45) is 0 Å². The van der Waals surface area contributed by atoms with Gasteiger partial charge < -0.3 is 4.74 Å². The van der Waals surface area contributed by atoms with Crippen LogP contribution in [0, 0.1) is 0 Å². The molecule has 0 aliphatic carbocycles. The average molecular weight is 256 g/mol. The van der Waals surface area contributed by atoms with E-state index in [1.165, 1.54) is 0 Å². The highest BCUT2D eigenvalue weighted by Gasteiger charge is 2.29. The van der Waals surface area contributed by atoms with E-state index >= 15 is 0 Å². The van der Waals surface area contributed by atoms with E-state index in [1.54, 1.807) is 4.90 Å². The van der Waals surface area contributed by atoms with Crippen molar-refractivity contribution in [2.75, 3.05) is 17.4 Å². The van der Waals surface area contributed by atoms with Crippen LogP contribution in [0.1, 0.15) is 20.8 Å². The lowest BCUT2D eigenvalue weighted by molar-refractivity contribution is 0.155. The number of anilines is 1. The van der Waals surface area contributed by atoms with Gasteiger partial charge in [0.2, 0.25) is 0 Å². The second-order valence-corrected chi connectivity index (χ2v) is 5.02. The van der Waals surface area contributed by atoms with E-state index in [9.17, 15) is 4.79 Å². The molecule has 0 spiro atoms. The maximum atomic E-state index is 12.0. The maximum Gasteiger partial charge on any atom is 0.414 e. The minimum Gasteiger partial charge on any atom is -0.448 e. The van der Waals surface area contributed by atoms with E-state index in [0.29, 0.717) is 5.88 Å². The standard InChI is InChI=1S/C13H18ClNO2/c1-13(2,3)15(12(16)17-10-9-14)11-7-5-4-6-8-11/h4-8H,9-10H2,1-3H3. The van der Waals surface area contributed by atoms with Crippen molar-refractivity contribution >= 4 is 23.4 Å². The zero-order chi connectivity index (χ0) is 12.9. The van der Waals surface area contributed by atoms with Gasteiger partial charge >= 0.3 is 6.09 Å². The highest BCUT2D eigenvalue weighted by molar-refractivity contribution is 6.18. The second kappa shape index (κ2) is 5.92. The van der Waals surface area contributed by atoms with Crippen LogP contribution in [-0.4, -0.2) is 24.1 Å². The van der Waals surface area contributed by atoms with E-state index in [-0.39, 0.29) is 18.2 Å². The zero-order valence-corrected chi connectivity index (χ0v) is 11.2. The van der Waals surface area contributed by atoms with Crippen molar-refractivity contribution in [3.63, 3.8) is 0 Å². The summed E-state index contributed by atoms with van der Waals surface area (Å²) in [6.45, 7) is 6.10. The molecule has 0 aromatic heterocycles. The summed E-state index contributed by atoms with van der Waals surface area (Å²) in [7, 11) is 0. The first-order valence-corrected chi connectivity index (χ1v) is 6.08. The third-order valence-corrected chi connectivity index (χ3v) is 2.32. The van der Waals surface area contributed by atoms with E-state index in [4.69, 9.17) is 16.3 Å². The van der Waals surface area contributed by atoms with Gasteiger partial charge in [0.25, 0.3) is 0 Å². The Balaban J connectivity index is 2.94. The predicted octanol–water partition coefficient (Wildman–Crippen LogP) is 3.67. The Morgan fingerprint density at radius 2 is 1.88 bits per heavy atom. The van der Waals surface area contributed by atoms with Crippen molar-refractivity contribution in [1.29, 1.82) is 0 Å². The first kappa shape index (κ1) is 13.8. The molecule has 0 heterocycles. The maximum absolute atomic E-state index is 12.0. The first-order chi connectivity index (χ1) is 7.96. The first-order valence-electron chi connectivity index (χ1n) is 5.55. The largest absolute Gasteiger partial charge is 0.448 e. The van der Waals surface area contributed by atoms with Gasteiger partial charge in [0.05, 0.1) is 5.88 Å². The lowest BCUT2D eigenvalue weighted by Crippen LogP contribution is -2.46. The molecule has 0 aliphatic heterocycles. The molecular formula is C13H18ClNO2. The molecule has 3 nitrogen and oxygen atoms in total. The molecule has 94 valence electrons. The fourth-order valence-electron chi connectivity index (χ4n) is 1.53. The van der Waals surface area contributed by atoms with E-state index in [1.807, 2.05) is 51.1 Å². The molecule has 17 heavy (non-hydrogen) atoms. The monoisotopic (exact) mass is 255 g/mol. The number of carbonyl (C=O) groups excluding carboxylic acids is 1. The zero-order valence-electron chi connectivity index (χ0n) is 10.4. The summed E-state index contributed by atoms with van der Waals surface area (Å²) in [5.74, 6) is 0.304. The van der Waals surface area contributed by atoms with Crippen LogP contribution >= 0.6 is 11.6 Å². The van der Waals surface area contributed by atoms with Crippen LogP contribution in [0.3, 0.4) is 0 Å². The molecule has 1 aromatic carbocycles. The third-order valence-electron chi connectivity index (χ3n) is 2.17. The van der Waals surface area contributed by atoms with Crippen LogP contribution in [0.5, 0.6) is 0 Å². The minimum atomic E-state index is -0.371. The van der Waals surface area contributed by atoms with Crippen LogP contribution < -0.4 is 4.90 Å². The molecule has 0 radical (unpaired) electrons. The molecule has 1 aromatic rings. The molecule has 0 N–H and O–H groups in total. The van der Waals surface area contributed by atoms with Crippen LogP contribution in [0.4, 0.5) is 10.5 Å². The van der Waals surface area contributed by atoms with Crippen molar-refractivity contribution < 1.29 is 9.53 Å². The Kier molecular flexibility index (Phi) is 4.82. The number of halogens is 1. The molecule has 1 amide bonds. The summed E-state index contributed by atoms with van der Waals surface area (Å²) in [6.07, 6.45) is -0.371. The lowest BCUT2D eigenvalue weighted by Gasteiger charge is -2.34. The summed E-state index contributed by atoms with van der Waals surface area (Å²) < 4.78 is 5.09. The Bertz CT molecular complexity index is 359. The van der Waals surface area contributed by atoms with Crippen LogP contribution in [0.15, 0.2) is 30.3 Å². The summed E-state index contributed by atoms with van der Waals surface area (Å²) in [4.78, 5) is 13.6. The highest BCUT2D eigenvalue weighted by Crippen LogP contribution is 2.24. The Labute approximate surface area is 107 Å². The molecule has 4 heteroatoms. The lowest BCUT2D eigenvalue weighted by atomic mass is 10.1. The summed E-state index contributed by atoms with van der Waals surface area (Å²) in [5.41, 5.74) is 0.477. The highest BCUT2D eigenvalue weighted by atomic mass is 35.5. The van der Waals surface area contributed by atoms with E-state index in [0.717, 1.165) is 5.69 Å². The number of nitrogens with zero attached hydrogens (tertiary/aromatic N) is 1. The molecule has 0 aliphatic rings. The van der Waals surface area contributed by atoms with Gasteiger partial charge in [-0.1, -0.05) is 18.2 Å². The number of benzene rings is 1. The average Bonchev–Trinajstić information content (AvgIpc) is 2.26. The SMILES string of the molecule is CC(C)(C)N(C(=O)OCCCl)c1ccccc1. The quantitative estimate of drug-likeness (QED) is 0.772. The van der Waals surface area contributed by atoms with Gasteiger partial charge in [0.1, 0.15) is 6.61 Å². The smallest absolute Gasteiger partial charge is 0.414 e. The number of hydrogen-bond acceptors (Lipinski definition) is 2. The number of amides is 1. The molecule has 0 fully saturated rings. The van der Waals surface area contributed by atoms with Gasteiger partial charge in [-0.2, -0.15) is 0 Å². The Morgan fingerprint density at radius 1 is 1.29 bits per heavy atom. The minimum absolute atomic E-state index is 0.222. The molecule has 0 atom stereocenters. The van der Waals surface area contributed by atoms with Crippen LogP contribution in [0.25, 0.3) is 0 Å². The van der Waals surface area contributed by atoms with Gasteiger partial charge in [-0.05, 0) is 32.9 Å². The van der Waals surface area contributed by atoms with Crippen molar-refractivity contribution in [1.82, 2.24) is 0 Å². The fourth-order valence-corrected chi connectivity index (χ4v) is 1.61. The predicted molar refractivity (Wildman–Crippen MR) is 70.7 cm³/mol. The van der Waals surface area contributed by atoms with Gasteiger partial charge in [0.15, 0.2) is 0 Å². The molecule has 0 unspecified atom stereocenters. The van der Waals surface area contributed by atoms with Crippen molar-refractivity contribution in [3.05, 3.63) is 30.3 Å². The summed E-state index contributed by atoms with van der Waals surface area (Å²) in [5, 5.41) is 0. The van der Waals surface area contributed by atoms with Gasteiger partial charge in [0, 0.05) is 11.2 Å². The van der Waals surface area contributed by atoms with E-state index in [2.05, 4.69) is 0 Å². The number of alkyl halides is 1. The third kappa shape index (κ3) is 3.93. The molecule has 0 saturated heterocycles. The van der Waals surface area contributed by atoms with Crippen LogP contribution in [-0.2, 0) is 4.74 Å². The normalized spacial score (nSPS) is 11.1. The van der Waals surface area contributed by atoms with Gasteiger partial charge in [-0.25, -0.2) is 4.79 Å². The van der Waals surface area contributed by atoms with Crippen molar-refractivity contribution in [3.8, 4) is 0 Å². The molecule has 0 saturated carbocycles. The van der Waals surface area contributed by atoms with E-state index < -0.39 is 0 Å². The number of carbonyl (C=O) groups is 1. The topological polar surface area (TPSA) is 29.5 Å². The number of ether oxygens (including phenoxy) is 1. The number of para-hydroxylation sites is 1. The van der Waals surface area contributed by atoms with Gasteiger partial charge in [-0.3, -0.25) is 4.90 Å². The summed E-state index contributed by atoms with van der Waals surface area (Å²) in [6, 6.07) is 9.46. The number of hydrogen-bond donors (Lipinski definition) is 0. The summed E-state index contributed by atoms with van der Waals surface area (Å²) >= 11 is 5.51. The molecular weight excluding hydrogens is 238 g/mol. The Hall–Kier alpha value is -1.22. The number of rotatable bonds is 3. The second-order valence-electron chi connectivity index (χ2n) is 4.65. The Morgan fingerprint density at radius 3 is 2.35 bits per heavy atom. The van der Waals surface area contributed by atoms with Crippen LogP contribution in [0.2, 0.25) is 0 Å².